The van der Waals surface area contributed by atoms with Crippen LogP contribution in [-0.4, -0.2) is 9.97 Å². The Balaban J connectivity index is 1.33. The second-order valence-corrected chi connectivity index (χ2v) is 6.71. The molecule has 0 aliphatic carbocycles. The fourth-order valence-corrected chi connectivity index (χ4v) is 2.87. The van der Waals surface area contributed by atoms with Crippen molar-refractivity contribution in [2.45, 2.75) is 13.2 Å². The lowest BCUT2D eigenvalue weighted by Gasteiger charge is -2.08. The quantitative estimate of drug-likeness (QED) is 0.413. The Morgan fingerprint density at radius 3 is 2.48 bits per heavy atom. The van der Waals surface area contributed by atoms with E-state index in [4.69, 9.17) is 22.1 Å². The smallest absolute Gasteiger partial charge is 0.201 e. The monoisotopic (exact) mass is 378 g/mol. The number of hydrogen-bond acceptors (Lipinski definition) is 4. The molecule has 4 rings (SSSR count). The van der Waals surface area contributed by atoms with Gasteiger partial charge < -0.3 is 20.8 Å². The van der Waals surface area contributed by atoms with Gasteiger partial charge in [-0.25, -0.2) is 4.98 Å². The van der Waals surface area contributed by atoms with E-state index in [9.17, 15) is 0 Å². The van der Waals surface area contributed by atoms with Gasteiger partial charge in [-0.15, -0.1) is 0 Å². The van der Waals surface area contributed by atoms with E-state index in [-0.39, 0.29) is 0 Å². The third-order valence-electron chi connectivity index (χ3n) is 4.21. The zero-order valence-electron chi connectivity index (χ0n) is 14.6. The van der Waals surface area contributed by atoms with Gasteiger partial charge in [-0.3, -0.25) is 0 Å². The zero-order chi connectivity index (χ0) is 18.6. The fourth-order valence-electron chi connectivity index (χ4n) is 2.75. The van der Waals surface area contributed by atoms with Gasteiger partial charge >= 0.3 is 0 Å². The molecule has 3 aromatic carbocycles. The van der Waals surface area contributed by atoms with Crippen molar-refractivity contribution in [2.75, 3.05) is 11.1 Å². The first-order valence-electron chi connectivity index (χ1n) is 8.61. The van der Waals surface area contributed by atoms with Crippen LogP contribution in [0.5, 0.6) is 5.75 Å². The third-order valence-corrected chi connectivity index (χ3v) is 4.46. The van der Waals surface area contributed by atoms with Gasteiger partial charge in [0.2, 0.25) is 5.95 Å². The highest BCUT2D eigenvalue weighted by Gasteiger charge is 2.03. The molecule has 1 heterocycles. The number of aromatic nitrogens is 2. The summed E-state index contributed by atoms with van der Waals surface area (Å²) in [6, 6.07) is 21.3. The minimum absolute atomic E-state index is 0.511. The largest absolute Gasteiger partial charge is 0.489 e. The topological polar surface area (TPSA) is 76.0 Å². The number of nitrogens with zero attached hydrogens (tertiary/aromatic N) is 1. The van der Waals surface area contributed by atoms with Crippen LogP contribution in [0.15, 0.2) is 66.7 Å². The van der Waals surface area contributed by atoms with Crippen molar-refractivity contribution in [3.63, 3.8) is 0 Å². The van der Waals surface area contributed by atoms with Crippen molar-refractivity contribution in [3.05, 3.63) is 82.9 Å². The van der Waals surface area contributed by atoms with E-state index >= 15 is 0 Å². The average molecular weight is 379 g/mol. The van der Waals surface area contributed by atoms with Crippen LogP contribution < -0.4 is 15.8 Å². The minimum Gasteiger partial charge on any atom is -0.489 e. The lowest BCUT2D eigenvalue weighted by molar-refractivity contribution is 0.306. The Kier molecular flexibility index (Phi) is 4.85. The fraction of sp³-hybridized carbons (Fsp3) is 0.0952. The number of nitrogens with one attached hydrogen (secondary N) is 2. The molecule has 0 unspecified atom stereocenters. The molecule has 0 fully saturated rings. The molecule has 0 saturated carbocycles. The molecule has 0 spiro atoms. The molecule has 0 saturated heterocycles. The van der Waals surface area contributed by atoms with Crippen LogP contribution in [0.1, 0.15) is 11.1 Å². The van der Waals surface area contributed by atoms with Crippen LogP contribution in [0.2, 0.25) is 5.02 Å². The number of rotatable bonds is 6. The van der Waals surface area contributed by atoms with E-state index < -0.39 is 0 Å². The highest BCUT2D eigenvalue weighted by Crippen LogP contribution is 2.19. The van der Waals surface area contributed by atoms with E-state index in [1.165, 1.54) is 0 Å². The lowest BCUT2D eigenvalue weighted by Crippen LogP contribution is -2.01. The molecule has 0 aliphatic rings. The summed E-state index contributed by atoms with van der Waals surface area (Å²) >= 11 is 5.89. The summed E-state index contributed by atoms with van der Waals surface area (Å²) in [7, 11) is 0. The van der Waals surface area contributed by atoms with Crippen LogP contribution in [0.25, 0.3) is 11.0 Å². The number of H-pyrrole nitrogens is 1. The molecule has 4 N–H and O–H groups in total. The highest BCUT2D eigenvalue weighted by atomic mass is 35.5. The predicted octanol–water partition coefficient (Wildman–Crippen LogP) is 4.99. The molecule has 0 radical (unpaired) electrons. The van der Waals surface area contributed by atoms with Gasteiger partial charge in [0.1, 0.15) is 12.4 Å². The molecule has 6 heteroatoms. The van der Waals surface area contributed by atoms with Gasteiger partial charge in [-0.1, -0.05) is 35.9 Å². The molecule has 0 bridgehead atoms. The van der Waals surface area contributed by atoms with Crippen LogP contribution in [0.3, 0.4) is 0 Å². The molecule has 0 atom stereocenters. The van der Waals surface area contributed by atoms with E-state index in [0.29, 0.717) is 18.8 Å². The minimum atomic E-state index is 0.511. The molecule has 1 aromatic heterocycles. The summed E-state index contributed by atoms with van der Waals surface area (Å²) in [6.07, 6.45) is 0. The second kappa shape index (κ2) is 7.60. The molecule has 4 aromatic rings. The number of anilines is 2. The third kappa shape index (κ3) is 4.33. The molecule has 5 nitrogen and oxygen atoms in total. The van der Waals surface area contributed by atoms with Crippen molar-refractivity contribution < 1.29 is 4.74 Å². The number of nitrogens with two attached hydrogens (primary N) is 1. The maximum Gasteiger partial charge on any atom is 0.201 e. The first kappa shape index (κ1) is 17.2. The number of fused-ring (bicyclic) bond motifs is 1. The standard InChI is InChI=1S/C21H19ClN4O/c22-16-5-1-15(2-6-16)13-27-18-8-3-14(4-9-18)12-24-21-25-19-10-7-17(23)11-20(19)26-21/h1-11H,12-13,23H2,(H2,24,25,26). The lowest BCUT2D eigenvalue weighted by atomic mass is 10.2. The SMILES string of the molecule is Nc1ccc2nc(NCc3ccc(OCc4ccc(Cl)cc4)cc3)[nH]c2c1. The van der Waals surface area contributed by atoms with Crippen molar-refractivity contribution in [3.8, 4) is 5.75 Å². The number of halogens is 1. The van der Waals surface area contributed by atoms with Gasteiger partial charge in [0.15, 0.2) is 0 Å². The summed E-state index contributed by atoms with van der Waals surface area (Å²) in [6.45, 7) is 1.17. The summed E-state index contributed by atoms with van der Waals surface area (Å²) in [5.41, 5.74) is 10.5. The second-order valence-electron chi connectivity index (χ2n) is 6.27. The molecule has 0 aliphatic heterocycles. The summed E-state index contributed by atoms with van der Waals surface area (Å²) < 4.78 is 5.81. The van der Waals surface area contributed by atoms with Crippen molar-refractivity contribution in [2.24, 2.45) is 0 Å². The number of benzene rings is 3. The number of nitrogen functional groups attached to an aromatic ring is 1. The Morgan fingerprint density at radius 1 is 0.963 bits per heavy atom. The maximum atomic E-state index is 5.89. The molecule has 136 valence electrons. The molecular weight excluding hydrogens is 360 g/mol. The Morgan fingerprint density at radius 2 is 1.70 bits per heavy atom. The van der Waals surface area contributed by atoms with Crippen LogP contribution in [0.4, 0.5) is 11.6 Å². The van der Waals surface area contributed by atoms with Gasteiger partial charge in [0, 0.05) is 17.3 Å². The predicted molar refractivity (Wildman–Crippen MR) is 110 cm³/mol. The molecule has 27 heavy (non-hydrogen) atoms. The number of ether oxygens (including phenoxy) is 1. The normalized spacial score (nSPS) is 10.9. The van der Waals surface area contributed by atoms with Gasteiger partial charge in [-0.2, -0.15) is 0 Å². The van der Waals surface area contributed by atoms with E-state index in [0.717, 1.165) is 38.9 Å². The number of imidazole rings is 1. The van der Waals surface area contributed by atoms with E-state index in [2.05, 4.69) is 15.3 Å². The average Bonchev–Trinajstić information content (AvgIpc) is 3.09. The van der Waals surface area contributed by atoms with E-state index in [1.807, 2.05) is 66.7 Å². The first-order valence-corrected chi connectivity index (χ1v) is 8.99. The van der Waals surface area contributed by atoms with E-state index in [1.54, 1.807) is 0 Å². The van der Waals surface area contributed by atoms with Crippen molar-refractivity contribution in [1.82, 2.24) is 9.97 Å². The first-order chi connectivity index (χ1) is 13.2. The Labute approximate surface area is 162 Å². The number of hydrogen-bond donors (Lipinski definition) is 3. The highest BCUT2D eigenvalue weighted by molar-refractivity contribution is 6.30. The van der Waals surface area contributed by atoms with Crippen molar-refractivity contribution >= 4 is 34.3 Å². The van der Waals surface area contributed by atoms with Crippen LogP contribution >= 0.6 is 11.6 Å². The Hall–Kier alpha value is -3.18. The van der Waals surface area contributed by atoms with Gasteiger partial charge in [-0.05, 0) is 53.6 Å². The zero-order valence-corrected chi connectivity index (χ0v) is 15.3. The summed E-state index contributed by atoms with van der Waals surface area (Å²) in [4.78, 5) is 7.72. The van der Waals surface area contributed by atoms with Crippen molar-refractivity contribution in [1.29, 1.82) is 0 Å². The van der Waals surface area contributed by atoms with Crippen LogP contribution in [0, 0.1) is 0 Å². The Bertz CT molecular complexity index is 1040. The molecule has 0 amide bonds. The number of aromatic amines is 1. The summed E-state index contributed by atoms with van der Waals surface area (Å²) in [5.74, 6) is 1.55. The van der Waals surface area contributed by atoms with Gasteiger partial charge in [0.25, 0.3) is 0 Å². The van der Waals surface area contributed by atoms with Gasteiger partial charge in [0.05, 0.1) is 11.0 Å². The van der Waals surface area contributed by atoms with Crippen LogP contribution in [-0.2, 0) is 13.2 Å². The maximum absolute atomic E-state index is 5.89. The molecular formula is C21H19ClN4O. The summed E-state index contributed by atoms with van der Waals surface area (Å²) in [5, 5.41) is 4.02.